The Bertz CT molecular complexity index is 341. The Balaban J connectivity index is 3.29. The van der Waals surface area contributed by atoms with Gasteiger partial charge in [0.25, 0.3) is 0 Å². The Kier molecular flexibility index (Phi) is 3.57. The molecule has 3 nitrogen and oxygen atoms in total. The highest BCUT2D eigenvalue weighted by Crippen LogP contribution is 2.31. The van der Waals surface area contributed by atoms with E-state index in [0.29, 0.717) is 16.3 Å². The van der Waals surface area contributed by atoms with Gasteiger partial charge in [-0.3, -0.25) is 0 Å². The van der Waals surface area contributed by atoms with Crippen LogP contribution in [-0.2, 0) is 0 Å². The van der Waals surface area contributed by atoms with Crippen molar-refractivity contribution in [1.29, 1.82) is 0 Å². The molecule has 1 aromatic carbocycles. The van der Waals surface area contributed by atoms with Gasteiger partial charge in [-0.15, -0.1) is 0 Å². The van der Waals surface area contributed by atoms with Crippen LogP contribution in [0, 0.1) is 0 Å². The summed E-state index contributed by atoms with van der Waals surface area (Å²) >= 11 is 9.06. The summed E-state index contributed by atoms with van der Waals surface area (Å²) in [6.07, 6.45) is 1.26. The lowest BCUT2D eigenvalue weighted by Gasteiger charge is -2.06. The average molecular weight is 265 g/mol. The summed E-state index contributed by atoms with van der Waals surface area (Å²) in [6, 6.07) is 3.35. The predicted molar refractivity (Wildman–Crippen MR) is 55.1 cm³/mol. The molecule has 0 saturated heterocycles. The minimum absolute atomic E-state index is 0.544. The molecule has 13 heavy (non-hydrogen) atoms. The van der Waals surface area contributed by atoms with Gasteiger partial charge in [0.1, 0.15) is 5.75 Å². The lowest BCUT2D eigenvalue weighted by Crippen LogP contribution is -1.92. The first-order chi connectivity index (χ1) is 6.19. The molecule has 70 valence electrons. The van der Waals surface area contributed by atoms with Crippen LogP contribution < -0.4 is 4.74 Å². The molecule has 0 aliphatic carbocycles. The molecule has 0 fully saturated rings. The van der Waals surface area contributed by atoms with E-state index in [4.69, 9.17) is 21.5 Å². The van der Waals surface area contributed by atoms with E-state index < -0.39 is 0 Å². The Morgan fingerprint density at radius 2 is 2.31 bits per heavy atom. The molecule has 0 amide bonds. The molecule has 1 rings (SSSR count). The predicted octanol–water partition coefficient (Wildman–Crippen LogP) is 2.92. The highest BCUT2D eigenvalue weighted by molar-refractivity contribution is 9.10. The lowest BCUT2D eigenvalue weighted by atomic mass is 10.2. The van der Waals surface area contributed by atoms with Gasteiger partial charge in [0, 0.05) is 10.6 Å². The van der Waals surface area contributed by atoms with Crippen molar-refractivity contribution in [3.63, 3.8) is 0 Å². The maximum Gasteiger partial charge on any atom is 0.142 e. The van der Waals surface area contributed by atoms with Gasteiger partial charge in [0.2, 0.25) is 0 Å². The number of ether oxygens (including phenoxy) is 1. The van der Waals surface area contributed by atoms with Crippen molar-refractivity contribution in [3.8, 4) is 5.75 Å². The van der Waals surface area contributed by atoms with Gasteiger partial charge >= 0.3 is 0 Å². The van der Waals surface area contributed by atoms with E-state index >= 15 is 0 Å². The highest BCUT2D eigenvalue weighted by Gasteiger charge is 2.07. The third kappa shape index (κ3) is 2.35. The van der Waals surface area contributed by atoms with Gasteiger partial charge < -0.3 is 9.94 Å². The second-order valence-electron chi connectivity index (χ2n) is 2.25. The van der Waals surface area contributed by atoms with E-state index in [1.165, 1.54) is 13.3 Å². The summed E-state index contributed by atoms with van der Waals surface area (Å²) in [5, 5.41) is 11.8. The minimum Gasteiger partial charge on any atom is -0.495 e. The topological polar surface area (TPSA) is 41.8 Å². The van der Waals surface area contributed by atoms with E-state index in [0.717, 1.165) is 4.47 Å². The van der Waals surface area contributed by atoms with Gasteiger partial charge in [0.05, 0.1) is 17.8 Å². The van der Waals surface area contributed by atoms with Crippen molar-refractivity contribution >= 4 is 33.7 Å². The summed E-state index contributed by atoms with van der Waals surface area (Å²) < 4.78 is 5.80. The molecule has 0 unspecified atom stereocenters. The molecular weight excluding hydrogens is 257 g/mol. The molecule has 1 N–H and O–H groups in total. The van der Waals surface area contributed by atoms with Crippen molar-refractivity contribution in [2.75, 3.05) is 7.11 Å². The summed E-state index contributed by atoms with van der Waals surface area (Å²) in [4.78, 5) is 0. The van der Waals surface area contributed by atoms with Crippen LogP contribution in [0.3, 0.4) is 0 Å². The van der Waals surface area contributed by atoms with Crippen LogP contribution in [-0.4, -0.2) is 18.5 Å². The zero-order valence-electron chi connectivity index (χ0n) is 6.79. The third-order valence-electron chi connectivity index (χ3n) is 1.44. The molecule has 0 aliphatic heterocycles. The summed E-state index contributed by atoms with van der Waals surface area (Å²) in [6.45, 7) is 0. The van der Waals surface area contributed by atoms with Crippen LogP contribution in [0.1, 0.15) is 5.56 Å². The average Bonchev–Trinajstić information content (AvgIpc) is 2.04. The SMILES string of the molecule is COc1c(Br)cc(Cl)cc1C=NO. The van der Waals surface area contributed by atoms with Crippen LogP contribution in [0.15, 0.2) is 21.8 Å². The molecule has 0 saturated carbocycles. The molecule has 1 aromatic rings. The molecule has 0 aliphatic rings. The van der Waals surface area contributed by atoms with Crippen molar-refractivity contribution in [1.82, 2.24) is 0 Å². The van der Waals surface area contributed by atoms with Gasteiger partial charge in [-0.05, 0) is 28.1 Å². The van der Waals surface area contributed by atoms with E-state index in [-0.39, 0.29) is 0 Å². The Labute approximate surface area is 89.1 Å². The Morgan fingerprint density at radius 1 is 1.62 bits per heavy atom. The number of nitrogens with zero attached hydrogens (tertiary/aromatic N) is 1. The molecule has 0 atom stereocenters. The maximum atomic E-state index is 8.38. The van der Waals surface area contributed by atoms with E-state index in [9.17, 15) is 0 Å². The maximum absolute atomic E-state index is 8.38. The first-order valence-electron chi connectivity index (χ1n) is 3.39. The number of oxime groups is 1. The summed E-state index contributed by atoms with van der Waals surface area (Å²) in [5.41, 5.74) is 0.615. The van der Waals surface area contributed by atoms with Gasteiger partial charge in [-0.25, -0.2) is 0 Å². The normalized spacial score (nSPS) is 10.7. The molecule has 0 bridgehead atoms. The van der Waals surface area contributed by atoms with Crippen LogP contribution in [0.5, 0.6) is 5.75 Å². The monoisotopic (exact) mass is 263 g/mol. The molecule has 0 spiro atoms. The number of hydrogen-bond acceptors (Lipinski definition) is 3. The number of hydrogen-bond donors (Lipinski definition) is 1. The zero-order valence-corrected chi connectivity index (χ0v) is 9.13. The van der Waals surface area contributed by atoms with E-state index in [1.807, 2.05) is 0 Å². The van der Waals surface area contributed by atoms with Gasteiger partial charge in [-0.1, -0.05) is 16.8 Å². The Morgan fingerprint density at radius 3 is 2.85 bits per heavy atom. The van der Waals surface area contributed by atoms with Crippen molar-refractivity contribution < 1.29 is 9.94 Å². The van der Waals surface area contributed by atoms with E-state index in [2.05, 4.69) is 21.1 Å². The molecule has 0 aromatic heterocycles. The fourth-order valence-corrected chi connectivity index (χ4v) is 1.95. The smallest absolute Gasteiger partial charge is 0.142 e. The largest absolute Gasteiger partial charge is 0.495 e. The minimum atomic E-state index is 0.544. The fourth-order valence-electron chi connectivity index (χ4n) is 0.954. The van der Waals surface area contributed by atoms with Gasteiger partial charge in [0.15, 0.2) is 0 Å². The second-order valence-corrected chi connectivity index (χ2v) is 3.55. The number of rotatable bonds is 2. The second kappa shape index (κ2) is 4.48. The van der Waals surface area contributed by atoms with Crippen LogP contribution >= 0.6 is 27.5 Å². The van der Waals surface area contributed by atoms with Crippen LogP contribution in [0.2, 0.25) is 5.02 Å². The van der Waals surface area contributed by atoms with E-state index in [1.54, 1.807) is 12.1 Å². The zero-order chi connectivity index (χ0) is 9.84. The standard InChI is InChI=1S/C8H7BrClNO2/c1-13-8-5(4-11-12)2-6(10)3-7(8)9/h2-4,12H,1H3. The van der Waals surface area contributed by atoms with Crippen molar-refractivity contribution in [2.24, 2.45) is 5.16 Å². The number of benzene rings is 1. The van der Waals surface area contributed by atoms with Crippen LogP contribution in [0.4, 0.5) is 0 Å². The molecular formula is C8H7BrClNO2. The Hall–Kier alpha value is -0.740. The molecule has 0 heterocycles. The lowest BCUT2D eigenvalue weighted by molar-refractivity contribution is 0.321. The number of methoxy groups -OCH3 is 1. The molecule has 5 heteroatoms. The van der Waals surface area contributed by atoms with Crippen molar-refractivity contribution in [3.05, 3.63) is 27.2 Å². The molecule has 0 radical (unpaired) electrons. The quantitative estimate of drug-likeness (QED) is 0.507. The first-order valence-corrected chi connectivity index (χ1v) is 4.56. The third-order valence-corrected chi connectivity index (χ3v) is 2.25. The highest BCUT2D eigenvalue weighted by atomic mass is 79.9. The van der Waals surface area contributed by atoms with Gasteiger partial charge in [-0.2, -0.15) is 0 Å². The van der Waals surface area contributed by atoms with Crippen molar-refractivity contribution in [2.45, 2.75) is 0 Å². The summed E-state index contributed by atoms with van der Waals surface area (Å²) in [5.74, 6) is 0.585. The summed E-state index contributed by atoms with van der Waals surface area (Å²) in [7, 11) is 1.53. The fraction of sp³-hybridized carbons (Fsp3) is 0.125. The first kappa shape index (κ1) is 10.3. The van der Waals surface area contributed by atoms with Crippen LogP contribution in [0.25, 0.3) is 0 Å². The number of halogens is 2.